The second kappa shape index (κ2) is 8.82. The van der Waals surface area contributed by atoms with Crippen molar-refractivity contribution in [3.8, 4) is 17.6 Å². The van der Waals surface area contributed by atoms with Crippen LogP contribution in [0.15, 0.2) is 62.3 Å². The van der Waals surface area contributed by atoms with Crippen LogP contribution < -0.4 is 4.74 Å². The van der Waals surface area contributed by atoms with Gasteiger partial charge in [0.05, 0.1) is 5.92 Å². The average molecular weight is 599 g/mol. The zero-order chi connectivity index (χ0) is 20.3. The molecule has 2 aromatic rings. The third-order valence-corrected chi connectivity index (χ3v) is 5.68. The number of hydrogen-bond acceptors (Lipinski definition) is 4. The van der Waals surface area contributed by atoms with Gasteiger partial charge in [-0.05, 0) is 80.8 Å². The highest BCUT2D eigenvalue weighted by atomic mass is 127. The maximum atomic E-state index is 12.7. The second-order valence-corrected chi connectivity index (χ2v) is 11.6. The van der Waals surface area contributed by atoms with Crippen molar-refractivity contribution in [2.24, 2.45) is 17.3 Å². The summed E-state index contributed by atoms with van der Waals surface area (Å²) in [4.78, 5) is 12.7. The van der Waals surface area contributed by atoms with Crippen molar-refractivity contribution < 1.29 is 14.3 Å². The molecular weight excluding hydrogens is 580 g/mol. The Morgan fingerprint density at radius 1 is 1.14 bits per heavy atom. The van der Waals surface area contributed by atoms with E-state index >= 15 is 0 Å². The molecule has 0 spiro atoms. The van der Waals surface area contributed by atoms with Crippen molar-refractivity contribution in [3.63, 3.8) is 0 Å². The number of carbonyl (C=O) groups excluding carboxylic acids is 1. The van der Waals surface area contributed by atoms with Gasteiger partial charge in [0.1, 0.15) is 17.6 Å². The fourth-order valence-corrected chi connectivity index (χ4v) is 4.07. The number of halogens is 2. The minimum Gasteiger partial charge on any atom is -0.457 e. The molecule has 28 heavy (non-hydrogen) atoms. The van der Waals surface area contributed by atoms with Crippen molar-refractivity contribution in [1.29, 1.82) is 5.26 Å². The lowest BCUT2D eigenvalue weighted by atomic mass is 10.1. The van der Waals surface area contributed by atoms with Gasteiger partial charge in [0.15, 0.2) is 0 Å². The molecule has 1 aliphatic rings. The fourth-order valence-electron chi connectivity index (χ4n) is 3.30. The molecule has 6 heteroatoms. The summed E-state index contributed by atoms with van der Waals surface area (Å²) in [6.07, 6.45) is 1.12. The lowest BCUT2D eigenvalue weighted by Gasteiger charge is -2.13. The predicted octanol–water partition coefficient (Wildman–Crippen LogP) is 6.57. The number of para-hydroxylation sites is 1. The Hall–Kier alpha value is -1.60. The van der Waals surface area contributed by atoms with Crippen LogP contribution in [0.3, 0.4) is 0 Å². The van der Waals surface area contributed by atoms with Crippen LogP contribution in [-0.2, 0) is 9.53 Å². The zero-order valence-corrected chi connectivity index (χ0v) is 19.7. The topological polar surface area (TPSA) is 59.3 Å². The Morgan fingerprint density at radius 3 is 2.46 bits per heavy atom. The minimum absolute atomic E-state index is 0.135. The Bertz CT molecular complexity index is 930. The quantitative estimate of drug-likeness (QED) is 0.279. The molecule has 0 aliphatic heterocycles. The number of hydrogen-bond donors (Lipinski definition) is 0. The summed E-state index contributed by atoms with van der Waals surface area (Å²) >= 11 is 4.46. The van der Waals surface area contributed by atoms with Gasteiger partial charge < -0.3 is 9.47 Å². The monoisotopic (exact) mass is 599 g/mol. The molecule has 0 N–H and O–H groups in total. The Morgan fingerprint density at radius 2 is 1.82 bits per heavy atom. The molecule has 0 amide bonds. The third-order valence-electron chi connectivity index (χ3n) is 4.96. The molecule has 3 atom stereocenters. The lowest BCUT2D eigenvalue weighted by molar-refractivity contribution is -0.149. The number of nitriles is 1. The molecule has 1 fully saturated rings. The van der Waals surface area contributed by atoms with Gasteiger partial charge in [0.2, 0.25) is 6.10 Å². The fraction of sp³-hybridized carbons (Fsp3) is 0.273. The first-order valence-electron chi connectivity index (χ1n) is 8.78. The summed E-state index contributed by atoms with van der Waals surface area (Å²) in [6, 6.07) is 18.6. The number of esters is 1. The first-order valence-corrected chi connectivity index (χ1v) is 10.9. The van der Waals surface area contributed by atoms with Crippen molar-refractivity contribution in [1.82, 2.24) is 0 Å². The maximum Gasteiger partial charge on any atom is 0.311 e. The maximum absolute atomic E-state index is 12.7. The van der Waals surface area contributed by atoms with Crippen LogP contribution in [0, 0.1) is 28.6 Å². The predicted molar refractivity (Wildman–Crippen MR) is 124 cm³/mol. The summed E-state index contributed by atoms with van der Waals surface area (Å²) < 4.78 is 12.5. The SMILES string of the molecule is CC1(C)[C@H](C(=O)O[C@H](C#N)c2cccc(Oc3ccccc3)c2)[C@@H]1C=C(I)I. The molecule has 3 rings (SSSR count). The summed E-state index contributed by atoms with van der Waals surface area (Å²) in [5.74, 6) is 0.865. The van der Waals surface area contributed by atoms with E-state index in [1.165, 1.54) is 0 Å². The van der Waals surface area contributed by atoms with Crippen molar-refractivity contribution in [2.75, 3.05) is 0 Å². The van der Waals surface area contributed by atoms with E-state index in [4.69, 9.17) is 9.47 Å². The van der Waals surface area contributed by atoms with Crippen LogP contribution in [0.5, 0.6) is 11.5 Å². The molecule has 0 radical (unpaired) electrons. The first kappa shape index (κ1) is 21.1. The van der Waals surface area contributed by atoms with Crippen LogP contribution in [0.1, 0.15) is 25.5 Å². The summed E-state index contributed by atoms with van der Waals surface area (Å²) in [5, 5.41) is 9.57. The highest BCUT2D eigenvalue weighted by molar-refractivity contribution is 14.2. The normalized spacial score (nSPS) is 20.4. The van der Waals surface area contributed by atoms with Crippen LogP contribution in [-0.4, -0.2) is 5.97 Å². The molecule has 1 saturated carbocycles. The van der Waals surface area contributed by atoms with E-state index in [2.05, 4.69) is 57.3 Å². The van der Waals surface area contributed by atoms with Gasteiger partial charge >= 0.3 is 5.97 Å². The molecule has 2 aromatic carbocycles. The standard InChI is InChI=1S/C22H19I2NO3/c1-22(2)17(12-19(23)24)20(22)21(26)28-18(13-25)14-7-6-10-16(11-14)27-15-8-4-3-5-9-15/h3-12,17-18,20H,1-2H3/t17-,18+,20-/m0/s1. The summed E-state index contributed by atoms with van der Waals surface area (Å²) in [7, 11) is 0. The number of carbonyl (C=O) groups is 1. The largest absolute Gasteiger partial charge is 0.457 e. The number of ether oxygens (including phenoxy) is 2. The highest BCUT2D eigenvalue weighted by Crippen LogP contribution is 2.60. The van der Waals surface area contributed by atoms with Crippen LogP contribution >= 0.6 is 45.2 Å². The van der Waals surface area contributed by atoms with E-state index in [1.54, 1.807) is 24.3 Å². The smallest absolute Gasteiger partial charge is 0.311 e. The van der Waals surface area contributed by atoms with E-state index in [9.17, 15) is 10.1 Å². The summed E-state index contributed by atoms with van der Waals surface area (Å²) in [5.41, 5.74) is 0.440. The molecule has 0 unspecified atom stereocenters. The highest BCUT2D eigenvalue weighted by Gasteiger charge is 2.61. The number of rotatable bonds is 6. The number of nitrogens with zero attached hydrogens (tertiary/aromatic N) is 1. The molecule has 0 heterocycles. The Kier molecular flexibility index (Phi) is 6.65. The van der Waals surface area contributed by atoms with Crippen molar-refractivity contribution in [2.45, 2.75) is 20.0 Å². The molecular formula is C22H19I2NO3. The number of allylic oxidation sites excluding steroid dienone is 1. The van der Waals surface area contributed by atoms with Gasteiger partial charge in [-0.2, -0.15) is 5.26 Å². The Labute approximate surface area is 192 Å². The zero-order valence-electron chi connectivity index (χ0n) is 15.4. The van der Waals surface area contributed by atoms with Gasteiger partial charge in [0.25, 0.3) is 0 Å². The van der Waals surface area contributed by atoms with Gasteiger partial charge in [-0.1, -0.05) is 50.3 Å². The Balaban J connectivity index is 1.72. The van der Waals surface area contributed by atoms with Crippen molar-refractivity contribution in [3.05, 3.63) is 67.8 Å². The molecule has 0 bridgehead atoms. The average Bonchev–Trinajstić information content (AvgIpc) is 3.20. The number of benzene rings is 2. The van der Waals surface area contributed by atoms with E-state index < -0.39 is 6.10 Å². The van der Waals surface area contributed by atoms with E-state index in [0.29, 0.717) is 17.1 Å². The first-order chi connectivity index (χ1) is 13.3. The van der Waals surface area contributed by atoms with Crippen molar-refractivity contribution >= 4 is 51.2 Å². The third kappa shape index (κ3) is 4.87. The van der Waals surface area contributed by atoms with E-state index in [0.717, 1.165) is 1.59 Å². The van der Waals surface area contributed by atoms with E-state index in [-0.39, 0.29) is 23.2 Å². The second-order valence-electron chi connectivity index (χ2n) is 7.21. The summed E-state index contributed by atoms with van der Waals surface area (Å²) in [6.45, 7) is 4.10. The van der Waals surface area contributed by atoms with Gasteiger partial charge in [0, 0.05) is 7.15 Å². The molecule has 0 aromatic heterocycles. The lowest BCUT2D eigenvalue weighted by Crippen LogP contribution is -2.14. The molecule has 4 nitrogen and oxygen atoms in total. The van der Waals surface area contributed by atoms with Crippen LogP contribution in [0.25, 0.3) is 0 Å². The van der Waals surface area contributed by atoms with Crippen LogP contribution in [0.4, 0.5) is 0 Å². The van der Waals surface area contributed by atoms with Gasteiger partial charge in [-0.15, -0.1) is 0 Å². The molecule has 1 aliphatic carbocycles. The minimum atomic E-state index is -0.966. The van der Waals surface area contributed by atoms with E-state index in [1.807, 2.05) is 44.2 Å². The van der Waals surface area contributed by atoms with Gasteiger partial charge in [-0.3, -0.25) is 4.79 Å². The van der Waals surface area contributed by atoms with Crippen LogP contribution in [0.2, 0.25) is 0 Å². The molecule has 144 valence electrons. The van der Waals surface area contributed by atoms with Gasteiger partial charge in [-0.25, -0.2) is 0 Å². The molecule has 0 saturated heterocycles.